The molecule has 1 N–H and O–H groups in total. The van der Waals surface area contributed by atoms with Crippen molar-refractivity contribution >= 4 is 11.8 Å². The van der Waals surface area contributed by atoms with Gasteiger partial charge >= 0.3 is 0 Å². The summed E-state index contributed by atoms with van der Waals surface area (Å²) >= 11 is 0. The molecule has 156 valence electrons. The van der Waals surface area contributed by atoms with Crippen molar-refractivity contribution in [2.75, 3.05) is 7.05 Å². The Morgan fingerprint density at radius 2 is 1.83 bits per heavy atom. The number of hydrogen-bond acceptors (Lipinski definition) is 3. The van der Waals surface area contributed by atoms with Gasteiger partial charge in [0, 0.05) is 30.9 Å². The lowest BCUT2D eigenvalue weighted by Gasteiger charge is -2.27. The van der Waals surface area contributed by atoms with Gasteiger partial charge in [-0.3, -0.25) is 9.59 Å². The summed E-state index contributed by atoms with van der Waals surface area (Å²) in [6.45, 7) is 6.21. The van der Waals surface area contributed by atoms with E-state index in [1.165, 1.54) is 0 Å². The van der Waals surface area contributed by atoms with Crippen LogP contribution in [0.15, 0.2) is 67.0 Å². The molecule has 30 heavy (non-hydrogen) atoms. The van der Waals surface area contributed by atoms with Gasteiger partial charge < -0.3 is 10.2 Å². The summed E-state index contributed by atoms with van der Waals surface area (Å²) < 4.78 is 1.78. The zero-order chi connectivity index (χ0) is 21.7. The number of aromatic nitrogens is 2. The lowest BCUT2D eigenvalue weighted by molar-refractivity contribution is -0.133. The third-order valence-electron chi connectivity index (χ3n) is 4.95. The molecule has 1 aromatic heterocycles. The average Bonchev–Trinajstić information content (AvgIpc) is 3.20. The van der Waals surface area contributed by atoms with Crippen LogP contribution in [0.25, 0.3) is 5.69 Å². The number of hydrogen-bond donors (Lipinski definition) is 1. The lowest BCUT2D eigenvalue weighted by atomic mass is 10.0. The molecule has 0 saturated carbocycles. The van der Waals surface area contributed by atoms with Crippen LogP contribution in [0.4, 0.5) is 0 Å². The van der Waals surface area contributed by atoms with Crippen molar-refractivity contribution in [2.45, 2.75) is 33.4 Å². The van der Waals surface area contributed by atoms with Crippen LogP contribution in [0.1, 0.15) is 35.3 Å². The molecular weight excluding hydrogens is 376 g/mol. The van der Waals surface area contributed by atoms with E-state index in [1.54, 1.807) is 28.9 Å². The highest BCUT2D eigenvalue weighted by Crippen LogP contribution is 2.13. The molecule has 3 aromatic rings. The van der Waals surface area contributed by atoms with Crippen LogP contribution in [-0.4, -0.2) is 39.6 Å². The maximum Gasteiger partial charge on any atom is 0.251 e. The fourth-order valence-electron chi connectivity index (χ4n) is 3.28. The van der Waals surface area contributed by atoms with Crippen molar-refractivity contribution in [3.05, 3.63) is 83.7 Å². The normalized spacial score (nSPS) is 11.9. The van der Waals surface area contributed by atoms with Crippen molar-refractivity contribution in [1.29, 1.82) is 0 Å². The third kappa shape index (κ3) is 5.14. The molecule has 6 heteroatoms. The summed E-state index contributed by atoms with van der Waals surface area (Å²) in [6.07, 6.45) is 3.67. The van der Waals surface area contributed by atoms with Crippen LogP contribution in [-0.2, 0) is 11.3 Å². The van der Waals surface area contributed by atoms with Gasteiger partial charge in [0.2, 0.25) is 5.91 Å². The fourth-order valence-corrected chi connectivity index (χ4v) is 3.28. The Labute approximate surface area is 177 Å². The Morgan fingerprint density at radius 3 is 2.50 bits per heavy atom. The molecule has 0 bridgehead atoms. The van der Waals surface area contributed by atoms with Crippen LogP contribution in [0.5, 0.6) is 0 Å². The monoisotopic (exact) mass is 404 g/mol. The number of rotatable bonds is 7. The van der Waals surface area contributed by atoms with Gasteiger partial charge in [-0.2, -0.15) is 5.10 Å². The Hall–Kier alpha value is -3.41. The number of amides is 2. The molecular formula is C24H28N4O2. The molecule has 0 radical (unpaired) electrons. The summed E-state index contributed by atoms with van der Waals surface area (Å²) in [5, 5.41) is 7.29. The lowest BCUT2D eigenvalue weighted by Crippen LogP contribution is -2.50. The smallest absolute Gasteiger partial charge is 0.251 e. The van der Waals surface area contributed by atoms with Gasteiger partial charge in [0.1, 0.15) is 6.04 Å². The summed E-state index contributed by atoms with van der Waals surface area (Å²) in [5.41, 5.74) is 3.44. The van der Waals surface area contributed by atoms with E-state index in [9.17, 15) is 9.59 Å². The van der Waals surface area contributed by atoms with E-state index in [-0.39, 0.29) is 17.7 Å². The van der Waals surface area contributed by atoms with E-state index in [0.717, 1.165) is 16.8 Å². The molecule has 0 aliphatic heterocycles. The second-order valence-electron chi connectivity index (χ2n) is 7.89. The third-order valence-corrected chi connectivity index (χ3v) is 4.95. The SMILES string of the molecule is Cc1cccc(C(=O)N[C@H](C(=O)N(C)Cc2cnn(-c3ccccc3)c2)C(C)C)c1. The minimum atomic E-state index is -0.604. The van der Waals surface area contributed by atoms with Crippen LogP contribution in [0.3, 0.4) is 0 Å². The van der Waals surface area contributed by atoms with E-state index in [4.69, 9.17) is 0 Å². The first kappa shape index (κ1) is 21.3. The van der Waals surface area contributed by atoms with Gasteiger partial charge in [-0.1, -0.05) is 49.7 Å². The Balaban J connectivity index is 1.68. The Kier molecular flexibility index (Phi) is 6.67. The Morgan fingerprint density at radius 1 is 1.10 bits per heavy atom. The number of benzene rings is 2. The first-order valence-corrected chi connectivity index (χ1v) is 10.1. The molecule has 2 amide bonds. The van der Waals surface area contributed by atoms with Gasteiger partial charge in [-0.15, -0.1) is 0 Å². The van der Waals surface area contributed by atoms with Gasteiger partial charge in [-0.25, -0.2) is 4.68 Å². The van der Waals surface area contributed by atoms with E-state index in [1.807, 2.05) is 75.5 Å². The Bertz CT molecular complexity index is 1010. The number of carbonyl (C=O) groups excluding carboxylic acids is 2. The molecule has 0 saturated heterocycles. The predicted octanol–water partition coefficient (Wildman–Crippen LogP) is 3.59. The molecule has 6 nitrogen and oxygen atoms in total. The maximum absolute atomic E-state index is 13.1. The number of carbonyl (C=O) groups is 2. The minimum Gasteiger partial charge on any atom is -0.340 e. The summed E-state index contributed by atoms with van der Waals surface area (Å²) in [4.78, 5) is 27.4. The molecule has 0 aliphatic rings. The highest BCUT2D eigenvalue weighted by molar-refractivity contribution is 5.97. The predicted molar refractivity (Wildman–Crippen MR) is 117 cm³/mol. The molecule has 0 unspecified atom stereocenters. The van der Waals surface area contributed by atoms with Gasteiger partial charge in [-0.05, 0) is 37.1 Å². The fraction of sp³-hybridized carbons (Fsp3) is 0.292. The van der Waals surface area contributed by atoms with Crippen molar-refractivity contribution < 1.29 is 9.59 Å². The summed E-state index contributed by atoms with van der Waals surface area (Å²) in [6, 6.07) is 16.6. The number of aryl methyl sites for hydroxylation is 1. The number of nitrogens with zero attached hydrogens (tertiary/aromatic N) is 3. The maximum atomic E-state index is 13.1. The number of nitrogens with one attached hydrogen (secondary N) is 1. The molecule has 0 aliphatic carbocycles. The first-order chi connectivity index (χ1) is 14.3. The zero-order valence-corrected chi connectivity index (χ0v) is 17.9. The molecule has 0 spiro atoms. The topological polar surface area (TPSA) is 67.2 Å². The standard InChI is InChI=1S/C24H28N4O2/c1-17(2)22(26-23(29)20-10-8-9-18(3)13-20)24(30)27(4)15-19-14-25-28(16-19)21-11-6-5-7-12-21/h5-14,16-17,22H,15H2,1-4H3,(H,26,29)/t22-/m0/s1. The summed E-state index contributed by atoms with van der Waals surface area (Å²) in [5.74, 6) is -0.407. The molecule has 1 atom stereocenters. The van der Waals surface area contributed by atoms with E-state index in [0.29, 0.717) is 12.1 Å². The van der Waals surface area contributed by atoms with E-state index in [2.05, 4.69) is 10.4 Å². The largest absolute Gasteiger partial charge is 0.340 e. The van der Waals surface area contributed by atoms with Gasteiger partial charge in [0.15, 0.2) is 0 Å². The second kappa shape index (κ2) is 9.39. The zero-order valence-electron chi connectivity index (χ0n) is 17.9. The molecule has 2 aromatic carbocycles. The average molecular weight is 405 g/mol. The van der Waals surface area contributed by atoms with Crippen LogP contribution < -0.4 is 5.32 Å². The van der Waals surface area contributed by atoms with Gasteiger partial charge in [0.25, 0.3) is 5.91 Å². The van der Waals surface area contributed by atoms with Crippen molar-refractivity contribution in [3.8, 4) is 5.69 Å². The van der Waals surface area contributed by atoms with Crippen molar-refractivity contribution in [3.63, 3.8) is 0 Å². The molecule has 1 heterocycles. The highest BCUT2D eigenvalue weighted by atomic mass is 16.2. The van der Waals surface area contributed by atoms with E-state index >= 15 is 0 Å². The first-order valence-electron chi connectivity index (χ1n) is 10.1. The number of para-hydroxylation sites is 1. The van der Waals surface area contributed by atoms with E-state index < -0.39 is 6.04 Å². The number of likely N-dealkylation sites (N-methyl/N-ethyl adjacent to an activating group) is 1. The van der Waals surface area contributed by atoms with Crippen LogP contribution in [0, 0.1) is 12.8 Å². The quantitative estimate of drug-likeness (QED) is 0.654. The minimum absolute atomic E-state index is 0.0410. The molecule has 3 rings (SSSR count). The summed E-state index contributed by atoms with van der Waals surface area (Å²) in [7, 11) is 1.75. The van der Waals surface area contributed by atoms with Crippen molar-refractivity contribution in [2.24, 2.45) is 5.92 Å². The van der Waals surface area contributed by atoms with Crippen LogP contribution in [0.2, 0.25) is 0 Å². The molecule has 0 fully saturated rings. The highest BCUT2D eigenvalue weighted by Gasteiger charge is 2.27. The van der Waals surface area contributed by atoms with Crippen molar-refractivity contribution in [1.82, 2.24) is 20.0 Å². The van der Waals surface area contributed by atoms with Gasteiger partial charge in [0.05, 0.1) is 11.9 Å². The van der Waals surface area contributed by atoms with Crippen LogP contribution >= 0.6 is 0 Å². The second-order valence-corrected chi connectivity index (χ2v) is 7.89.